The maximum atomic E-state index is 13.0. The van der Waals surface area contributed by atoms with E-state index < -0.39 is 0 Å². The number of nitrogen functional groups attached to an aromatic ring is 1. The first-order chi connectivity index (χ1) is 13.2. The van der Waals surface area contributed by atoms with Gasteiger partial charge in [0.25, 0.3) is 0 Å². The van der Waals surface area contributed by atoms with Crippen LogP contribution < -0.4 is 21.1 Å². The van der Waals surface area contributed by atoms with Gasteiger partial charge in [0.1, 0.15) is 6.17 Å². The Kier molecular flexibility index (Phi) is 4.64. The number of rotatable bonds is 5. The van der Waals surface area contributed by atoms with Crippen molar-refractivity contribution in [3.05, 3.63) is 89.3 Å². The van der Waals surface area contributed by atoms with Crippen molar-refractivity contribution >= 4 is 34.7 Å². The van der Waals surface area contributed by atoms with E-state index in [1.165, 1.54) is 0 Å². The van der Waals surface area contributed by atoms with E-state index in [2.05, 4.69) is 33.6 Å². The van der Waals surface area contributed by atoms with Gasteiger partial charge in [0.05, 0.1) is 0 Å². The standard InChI is InChI=1S/C21H20N4OS/c1-27-25-17-7-3-4-13(9-17)15-10-18-19(12-24-21(18)23-11-15)20(26)14-5-2-6-16(22)8-14/h2-12,21,23-25H,22H2,1H3. The maximum Gasteiger partial charge on any atom is 0.194 e. The van der Waals surface area contributed by atoms with Crippen LogP contribution in [0.15, 0.2) is 78.2 Å². The van der Waals surface area contributed by atoms with Gasteiger partial charge in [0, 0.05) is 46.7 Å². The zero-order valence-corrected chi connectivity index (χ0v) is 15.6. The second kappa shape index (κ2) is 7.25. The summed E-state index contributed by atoms with van der Waals surface area (Å²) in [5.41, 5.74) is 11.7. The molecule has 136 valence electrons. The zero-order chi connectivity index (χ0) is 18.8. The molecule has 0 spiro atoms. The number of dihydropyridines is 1. The molecule has 1 atom stereocenters. The summed E-state index contributed by atoms with van der Waals surface area (Å²) in [7, 11) is 0. The van der Waals surface area contributed by atoms with Crippen LogP contribution in [-0.2, 0) is 0 Å². The first kappa shape index (κ1) is 17.3. The monoisotopic (exact) mass is 376 g/mol. The molecule has 0 amide bonds. The molecule has 2 aromatic carbocycles. The third-order valence-corrected chi connectivity index (χ3v) is 4.98. The number of nitrogens with two attached hydrogens (primary N) is 1. The average molecular weight is 376 g/mol. The first-order valence-electron chi connectivity index (χ1n) is 8.60. The quantitative estimate of drug-likeness (QED) is 0.363. The van der Waals surface area contributed by atoms with Crippen LogP contribution in [0.5, 0.6) is 0 Å². The Morgan fingerprint density at radius 3 is 2.74 bits per heavy atom. The number of ketones is 1. The predicted octanol–water partition coefficient (Wildman–Crippen LogP) is 3.53. The van der Waals surface area contributed by atoms with Crippen molar-refractivity contribution in [1.29, 1.82) is 0 Å². The van der Waals surface area contributed by atoms with Crippen LogP contribution in [-0.4, -0.2) is 18.2 Å². The Hall–Kier alpha value is -3.12. The van der Waals surface area contributed by atoms with Gasteiger partial charge in [-0.1, -0.05) is 36.2 Å². The van der Waals surface area contributed by atoms with Crippen LogP contribution in [0.1, 0.15) is 15.9 Å². The third-order valence-electron chi connectivity index (χ3n) is 4.54. The topological polar surface area (TPSA) is 79.2 Å². The largest absolute Gasteiger partial charge is 0.399 e. The number of hydrogen-bond donors (Lipinski definition) is 4. The van der Waals surface area contributed by atoms with Crippen molar-refractivity contribution in [2.24, 2.45) is 0 Å². The average Bonchev–Trinajstić information content (AvgIpc) is 3.11. The summed E-state index contributed by atoms with van der Waals surface area (Å²) in [6.45, 7) is 0. The molecule has 5 N–H and O–H groups in total. The van der Waals surface area contributed by atoms with Crippen molar-refractivity contribution in [1.82, 2.24) is 10.6 Å². The van der Waals surface area contributed by atoms with Crippen LogP contribution >= 0.6 is 11.9 Å². The minimum absolute atomic E-state index is 0.0376. The third kappa shape index (κ3) is 3.44. The van der Waals surface area contributed by atoms with Crippen molar-refractivity contribution in [2.45, 2.75) is 6.17 Å². The molecule has 6 heteroatoms. The SMILES string of the molecule is CSNc1cccc(C2=CNC3NC=C(C(=O)c4cccc(N)c4)C3=C2)c1. The molecule has 0 saturated carbocycles. The maximum absolute atomic E-state index is 13.0. The molecule has 0 aliphatic carbocycles. The molecule has 2 aliphatic heterocycles. The number of anilines is 2. The van der Waals surface area contributed by atoms with Crippen molar-refractivity contribution in [2.75, 3.05) is 16.7 Å². The Labute approximate surface area is 162 Å². The summed E-state index contributed by atoms with van der Waals surface area (Å²) in [5.74, 6) is -0.0376. The highest BCUT2D eigenvalue weighted by Gasteiger charge is 2.29. The van der Waals surface area contributed by atoms with Crippen LogP contribution in [0.2, 0.25) is 0 Å². The van der Waals surface area contributed by atoms with Gasteiger partial charge in [0.15, 0.2) is 5.78 Å². The van der Waals surface area contributed by atoms with Gasteiger partial charge in [0.2, 0.25) is 0 Å². The Bertz CT molecular complexity index is 993. The Morgan fingerprint density at radius 2 is 1.93 bits per heavy atom. The number of Topliss-reactive ketones (excluding diaryl/α,β-unsaturated/α-hetero) is 1. The normalized spacial score (nSPS) is 17.7. The molecule has 2 heterocycles. The lowest BCUT2D eigenvalue weighted by molar-refractivity contribution is 0.103. The van der Waals surface area contributed by atoms with Gasteiger partial charge >= 0.3 is 0 Å². The van der Waals surface area contributed by atoms with E-state index in [1.807, 2.05) is 24.6 Å². The van der Waals surface area contributed by atoms with Gasteiger partial charge in [-0.2, -0.15) is 0 Å². The molecule has 0 saturated heterocycles. The summed E-state index contributed by atoms with van der Waals surface area (Å²) < 4.78 is 3.25. The zero-order valence-electron chi connectivity index (χ0n) is 14.8. The fourth-order valence-electron chi connectivity index (χ4n) is 3.26. The summed E-state index contributed by atoms with van der Waals surface area (Å²) in [6.07, 6.45) is 7.71. The van der Waals surface area contributed by atoms with Crippen molar-refractivity contribution < 1.29 is 4.79 Å². The van der Waals surface area contributed by atoms with Crippen LogP contribution in [0.25, 0.3) is 5.57 Å². The molecule has 0 aromatic heterocycles. The van der Waals surface area contributed by atoms with E-state index in [4.69, 9.17) is 5.73 Å². The number of nitrogens with one attached hydrogen (secondary N) is 3. The van der Waals surface area contributed by atoms with E-state index in [-0.39, 0.29) is 11.9 Å². The smallest absolute Gasteiger partial charge is 0.194 e. The number of allylic oxidation sites excluding steroid dienone is 2. The van der Waals surface area contributed by atoms with Crippen molar-refractivity contribution in [3.8, 4) is 0 Å². The number of fused-ring (bicyclic) bond motifs is 1. The van der Waals surface area contributed by atoms with Gasteiger partial charge in [-0.05, 0) is 41.5 Å². The van der Waals surface area contributed by atoms with Crippen molar-refractivity contribution in [3.63, 3.8) is 0 Å². The minimum atomic E-state index is -0.0961. The molecular formula is C21H20N4OS. The second-order valence-electron chi connectivity index (χ2n) is 6.37. The highest BCUT2D eigenvalue weighted by Crippen LogP contribution is 2.31. The van der Waals surface area contributed by atoms with Gasteiger partial charge in [-0.15, -0.1) is 0 Å². The lowest BCUT2D eigenvalue weighted by atomic mass is 9.92. The van der Waals surface area contributed by atoms with Crippen LogP contribution in [0.3, 0.4) is 0 Å². The van der Waals surface area contributed by atoms with Gasteiger partial charge in [-0.3, -0.25) is 4.79 Å². The Balaban J connectivity index is 1.64. The van der Waals surface area contributed by atoms with E-state index in [9.17, 15) is 4.79 Å². The minimum Gasteiger partial charge on any atom is -0.399 e. The number of carbonyl (C=O) groups excluding carboxylic acids is 1. The van der Waals surface area contributed by atoms with E-state index in [0.717, 1.165) is 22.4 Å². The molecule has 0 fully saturated rings. The summed E-state index contributed by atoms with van der Waals surface area (Å²) in [6, 6.07) is 15.3. The van der Waals surface area contributed by atoms with E-state index in [0.29, 0.717) is 16.8 Å². The van der Waals surface area contributed by atoms with Gasteiger partial charge < -0.3 is 21.1 Å². The van der Waals surface area contributed by atoms with Crippen LogP contribution in [0.4, 0.5) is 11.4 Å². The molecule has 5 nitrogen and oxygen atoms in total. The highest BCUT2D eigenvalue weighted by molar-refractivity contribution is 7.99. The predicted molar refractivity (Wildman–Crippen MR) is 113 cm³/mol. The number of benzene rings is 2. The lowest BCUT2D eigenvalue weighted by Gasteiger charge is -2.22. The first-order valence-corrected chi connectivity index (χ1v) is 9.82. The Morgan fingerprint density at radius 1 is 1.11 bits per heavy atom. The second-order valence-corrected chi connectivity index (χ2v) is 6.98. The fraction of sp³-hybridized carbons (Fsp3) is 0.0952. The molecule has 4 rings (SSSR count). The molecule has 2 aromatic rings. The lowest BCUT2D eigenvalue weighted by Crippen LogP contribution is -2.36. The molecule has 1 unspecified atom stereocenters. The molecule has 0 bridgehead atoms. The van der Waals surface area contributed by atoms with E-state index >= 15 is 0 Å². The molecule has 0 radical (unpaired) electrons. The molecule has 2 aliphatic rings. The summed E-state index contributed by atoms with van der Waals surface area (Å²) in [5, 5.41) is 6.56. The van der Waals surface area contributed by atoms with Gasteiger partial charge in [-0.25, -0.2) is 0 Å². The summed E-state index contributed by atoms with van der Waals surface area (Å²) >= 11 is 1.55. The highest BCUT2D eigenvalue weighted by atomic mass is 32.2. The number of hydrogen-bond acceptors (Lipinski definition) is 6. The fourth-order valence-corrected chi connectivity index (χ4v) is 3.62. The number of carbonyl (C=O) groups is 1. The van der Waals surface area contributed by atoms with E-state index in [1.54, 1.807) is 42.4 Å². The molecular weight excluding hydrogens is 356 g/mol. The molecule has 27 heavy (non-hydrogen) atoms. The van der Waals surface area contributed by atoms with Crippen LogP contribution in [0, 0.1) is 0 Å². The summed E-state index contributed by atoms with van der Waals surface area (Å²) in [4.78, 5) is 13.0.